The standard InChI is InChI=1S/C15H23NO3/c1-3-4-7-10-16(2)11-12-19-14-9-6-5-8-13(14)15(17)18/h5-6,8-9H,3-4,7,10-12H2,1-2H3,(H,17,18). The van der Waals surface area contributed by atoms with E-state index in [0.717, 1.165) is 13.1 Å². The topological polar surface area (TPSA) is 49.8 Å². The summed E-state index contributed by atoms with van der Waals surface area (Å²) >= 11 is 0. The predicted molar refractivity (Wildman–Crippen MR) is 75.9 cm³/mol. The van der Waals surface area contributed by atoms with E-state index in [4.69, 9.17) is 9.84 Å². The summed E-state index contributed by atoms with van der Waals surface area (Å²) in [5.74, 6) is -0.510. The quantitative estimate of drug-likeness (QED) is 0.697. The zero-order valence-electron chi connectivity index (χ0n) is 11.8. The molecule has 0 atom stereocenters. The number of hydrogen-bond acceptors (Lipinski definition) is 3. The van der Waals surface area contributed by atoms with Gasteiger partial charge in [-0.1, -0.05) is 31.9 Å². The number of carboxylic acids is 1. The molecule has 4 nitrogen and oxygen atoms in total. The molecule has 0 aliphatic carbocycles. The molecule has 0 heterocycles. The minimum absolute atomic E-state index is 0.219. The van der Waals surface area contributed by atoms with Gasteiger partial charge in [-0.25, -0.2) is 4.79 Å². The highest BCUT2D eigenvalue weighted by Gasteiger charge is 2.09. The van der Waals surface area contributed by atoms with Crippen molar-refractivity contribution in [1.82, 2.24) is 4.90 Å². The summed E-state index contributed by atoms with van der Waals surface area (Å²) < 4.78 is 5.55. The molecule has 0 aliphatic heterocycles. The largest absolute Gasteiger partial charge is 0.491 e. The van der Waals surface area contributed by atoms with Crippen LogP contribution in [0.4, 0.5) is 0 Å². The van der Waals surface area contributed by atoms with Gasteiger partial charge in [0.25, 0.3) is 0 Å². The molecule has 0 saturated heterocycles. The van der Waals surface area contributed by atoms with Crippen molar-refractivity contribution in [3.8, 4) is 5.75 Å². The molecule has 0 unspecified atom stereocenters. The van der Waals surface area contributed by atoms with Crippen LogP contribution in [0.25, 0.3) is 0 Å². The minimum atomic E-state index is -0.952. The van der Waals surface area contributed by atoms with Crippen molar-refractivity contribution in [3.63, 3.8) is 0 Å². The number of unbranched alkanes of at least 4 members (excludes halogenated alkanes) is 2. The molecule has 1 aromatic rings. The smallest absolute Gasteiger partial charge is 0.339 e. The van der Waals surface area contributed by atoms with Crippen LogP contribution in [0.2, 0.25) is 0 Å². The van der Waals surface area contributed by atoms with E-state index in [1.54, 1.807) is 24.3 Å². The van der Waals surface area contributed by atoms with Gasteiger partial charge in [-0.2, -0.15) is 0 Å². The Morgan fingerprint density at radius 1 is 1.26 bits per heavy atom. The summed E-state index contributed by atoms with van der Waals surface area (Å²) in [7, 11) is 2.06. The normalized spacial score (nSPS) is 10.7. The van der Waals surface area contributed by atoms with E-state index < -0.39 is 5.97 Å². The Morgan fingerprint density at radius 2 is 2.00 bits per heavy atom. The van der Waals surface area contributed by atoms with Crippen LogP contribution in [0.3, 0.4) is 0 Å². The molecule has 1 aromatic carbocycles. The summed E-state index contributed by atoms with van der Waals surface area (Å²) in [6, 6.07) is 6.74. The van der Waals surface area contributed by atoms with Crippen LogP contribution in [0.5, 0.6) is 5.75 Å². The third kappa shape index (κ3) is 5.75. The highest BCUT2D eigenvalue weighted by atomic mass is 16.5. The minimum Gasteiger partial charge on any atom is -0.491 e. The fourth-order valence-corrected chi connectivity index (χ4v) is 1.82. The lowest BCUT2D eigenvalue weighted by molar-refractivity contribution is 0.0692. The number of benzene rings is 1. The van der Waals surface area contributed by atoms with E-state index in [9.17, 15) is 4.79 Å². The van der Waals surface area contributed by atoms with E-state index in [1.165, 1.54) is 19.3 Å². The van der Waals surface area contributed by atoms with Gasteiger partial charge in [0, 0.05) is 6.54 Å². The maximum Gasteiger partial charge on any atom is 0.339 e. The Morgan fingerprint density at radius 3 is 2.68 bits per heavy atom. The van der Waals surface area contributed by atoms with Gasteiger partial charge in [0.15, 0.2) is 0 Å². The average molecular weight is 265 g/mol. The van der Waals surface area contributed by atoms with Crippen LogP contribution < -0.4 is 4.74 Å². The second kappa shape index (κ2) is 8.53. The lowest BCUT2D eigenvalue weighted by atomic mass is 10.2. The number of aromatic carboxylic acids is 1. The first-order valence-electron chi connectivity index (χ1n) is 6.78. The van der Waals surface area contributed by atoms with E-state index >= 15 is 0 Å². The zero-order valence-corrected chi connectivity index (χ0v) is 11.8. The molecule has 0 bridgehead atoms. The number of hydrogen-bond donors (Lipinski definition) is 1. The zero-order chi connectivity index (χ0) is 14.1. The maximum atomic E-state index is 11.0. The summed E-state index contributed by atoms with van der Waals surface area (Å²) in [5.41, 5.74) is 0.219. The summed E-state index contributed by atoms with van der Waals surface area (Å²) in [4.78, 5) is 13.2. The summed E-state index contributed by atoms with van der Waals surface area (Å²) in [6.07, 6.45) is 3.65. The molecule has 0 spiro atoms. The number of ether oxygens (including phenoxy) is 1. The number of para-hydroxylation sites is 1. The monoisotopic (exact) mass is 265 g/mol. The Hall–Kier alpha value is -1.55. The van der Waals surface area contributed by atoms with Crippen molar-refractivity contribution in [2.45, 2.75) is 26.2 Å². The van der Waals surface area contributed by atoms with E-state index in [0.29, 0.717) is 12.4 Å². The molecule has 0 aliphatic rings. The van der Waals surface area contributed by atoms with Gasteiger partial charge in [0.05, 0.1) is 0 Å². The SMILES string of the molecule is CCCCCN(C)CCOc1ccccc1C(=O)O. The lowest BCUT2D eigenvalue weighted by Gasteiger charge is -2.17. The van der Waals surface area contributed by atoms with E-state index in [1.807, 2.05) is 0 Å². The van der Waals surface area contributed by atoms with E-state index in [2.05, 4.69) is 18.9 Å². The van der Waals surface area contributed by atoms with Gasteiger partial charge in [0.2, 0.25) is 0 Å². The molecule has 0 amide bonds. The summed E-state index contributed by atoms with van der Waals surface area (Å²) in [5, 5.41) is 9.03. The third-order valence-electron chi connectivity index (χ3n) is 2.99. The molecule has 106 valence electrons. The number of carbonyl (C=O) groups is 1. The molecular formula is C15H23NO3. The lowest BCUT2D eigenvalue weighted by Crippen LogP contribution is -2.25. The van der Waals surface area contributed by atoms with Crippen molar-refractivity contribution in [1.29, 1.82) is 0 Å². The maximum absolute atomic E-state index is 11.0. The van der Waals surface area contributed by atoms with E-state index in [-0.39, 0.29) is 5.56 Å². The molecule has 1 rings (SSSR count). The molecule has 1 N–H and O–H groups in total. The van der Waals surface area contributed by atoms with Gasteiger partial charge in [0.1, 0.15) is 17.9 Å². The number of likely N-dealkylation sites (N-methyl/N-ethyl adjacent to an activating group) is 1. The highest BCUT2D eigenvalue weighted by molar-refractivity contribution is 5.90. The van der Waals surface area contributed by atoms with Gasteiger partial charge >= 0.3 is 5.97 Å². The Balaban J connectivity index is 2.35. The second-order valence-electron chi connectivity index (χ2n) is 4.66. The van der Waals surface area contributed by atoms with Gasteiger partial charge in [-0.05, 0) is 32.1 Å². The fourth-order valence-electron chi connectivity index (χ4n) is 1.82. The molecule has 19 heavy (non-hydrogen) atoms. The molecule has 0 aromatic heterocycles. The first kappa shape index (κ1) is 15.5. The molecule has 0 fully saturated rings. The first-order valence-corrected chi connectivity index (χ1v) is 6.78. The Bertz CT molecular complexity index is 393. The molecule has 4 heteroatoms. The van der Waals surface area contributed by atoms with Gasteiger partial charge < -0.3 is 14.7 Å². The van der Waals surface area contributed by atoms with Crippen LogP contribution >= 0.6 is 0 Å². The van der Waals surface area contributed by atoms with Gasteiger partial charge in [-0.15, -0.1) is 0 Å². The summed E-state index contributed by atoms with van der Waals surface area (Å²) in [6.45, 7) is 4.55. The number of rotatable bonds is 9. The van der Waals surface area contributed by atoms with Gasteiger partial charge in [-0.3, -0.25) is 0 Å². The molecular weight excluding hydrogens is 242 g/mol. The van der Waals surface area contributed by atoms with Crippen LogP contribution in [0, 0.1) is 0 Å². The average Bonchev–Trinajstić information content (AvgIpc) is 2.39. The number of nitrogens with zero attached hydrogens (tertiary/aromatic N) is 1. The van der Waals surface area contributed by atoms with Crippen molar-refractivity contribution < 1.29 is 14.6 Å². The first-order chi connectivity index (χ1) is 9.15. The fraction of sp³-hybridized carbons (Fsp3) is 0.533. The van der Waals surface area contributed by atoms with Crippen LogP contribution in [-0.4, -0.2) is 42.7 Å². The Labute approximate surface area is 115 Å². The van der Waals surface area contributed by atoms with Crippen molar-refractivity contribution in [2.24, 2.45) is 0 Å². The second-order valence-corrected chi connectivity index (χ2v) is 4.66. The molecule has 0 radical (unpaired) electrons. The van der Waals surface area contributed by atoms with Crippen LogP contribution in [0.15, 0.2) is 24.3 Å². The van der Waals surface area contributed by atoms with Crippen molar-refractivity contribution >= 4 is 5.97 Å². The molecule has 0 saturated carbocycles. The third-order valence-corrected chi connectivity index (χ3v) is 2.99. The number of carboxylic acid groups (broad SMARTS) is 1. The van der Waals surface area contributed by atoms with Crippen LogP contribution in [0.1, 0.15) is 36.5 Å². The van der Waals surface area contributed by atoms with Crippen molar-refractivity contribution in [2.75, 3.05) is 26.7 Å². The Kier molecular flexibility index (Phi) is 6.97. The van der Waals surface area contributed by atoms with Crippen molar-refractivity contribution in [3.05, 3.63) is 29.8 Å². The highest BCUT2D eigenvalue weighted by Crippen LogP contribution is 2.17. The van der Waals surface area contributed by atoms with Crippen LogP contribution in [-0.2, 0) is 0 Å². The predicted octanol–water partition coefficient (Wildman–Crippen LogP) is 2.89.